The fraction of sp³-hybridized carbons (Fsp3) is 0.308. The van der Waals surface area contributed by atoms with Gasteiger partial charge < -0.3 is 0 Å². The minimum Gasteiger partial charge on any atom is -0.298 e. The number of benzene rings is 1. The van der Waals surface area contributed by atoms with Crippen molar-refractivity contribution in [3.05, 3.63) is 36.2 Å². The molecule has 1 atom stereocenters. The van der Waals surface area contributed by atoms with Gasteiger partial charge in [0.1, 0.15) is 11.2 Å². The molecule has 0 radical (unpaired) electrons. The summed E-state index contributed by atoms with van der Waals surface area (Å²) in [6.45, 7) is 3.00. The van der Waals surface area contributed by atoms with E-state index in [2.05, 4.69) is 15.5 Å². The van der Waals surface area contributed by atoms with E-state index >= 15 is 0 Å². The Bertz CT molecular complexity index is 628. The van der Waals surface area contributed by atoms with Crippen LogP contribution in [-0.4, -0.2) is 26.0 Å². The summed E-state index contributed by atoms with van der Waals surface area (Å²) in [5, 5.41) is 20.6. The minimum absolute atomic E-state index is 0.181. The quantitative estimate of drug-likeness (QED) is 0.822. The Kier molecular flexibility index (Phi) is 3.38. The summed E-state index contributed by atoms with van der Waals surface area (Å²) < 4.78 is 1.54. The number of para-hydroxylation sites is 1. The third-order valence-electron chi connectivity index (χ3n) is 3.07. The molecule has 0 spiro atoms. The fourth-order valence-corrected chi connectivity index (χ4v) is 1.64. The lowest BCUT2D eigenvalue weighted by Gasteiger charge is -2.16. The normalized spacial score (nSPS) is 13.5. The third-order valence-corrected chi connectivity index (χ3v) is 3.07. The largest absolute Gasteiger partial charge is 0.298 e. The summed E-state index contributed by atoms with van der Waals surface area (Å²) in [5.74, 6) is 0.295. The summed E-state index contributed by atoms with van der Waals surface area (Å²) in [5.41, 5.74) is -0.312. The third kappa shape index (κ3) is 2.50. The van der Waals surface area contributed by atoms with Gasteiger partial charge in [-0.05, 0) is 36.4 Å². The monoisotopic (exact) mass is 255 g/mol. The average Bonchev–Trinajstić information content (AvgIpc) is 2.87. The van der Waals surface area contributed by atoms with Crippen LogP contribution in [0.4, 0.5) is 0 Å². The van der Waals surface area contributed by atoms with Crippen LogP contribution >= 0.6 is 0 Å². The number of aromatic nitrogens is 4. The zero-order chi connectivity index (χ0) is 13.9. The lowest BCUT2D eigenvalue weighted by molar-refractivity contribution is -0.123. The molecule has 2 aromatic rings. The highest BCUT2D eigenvalue weighted by Gasteiger charge is 2.32. The van der Waals surface area contributed by atoms with Crippen LogP contribution in [0, 0.1) is 16.7 Å². The minimum atomic E-state index is -1.11. The number of hydrogen-bond donors (Lipinski definition) is 0. The first-order chi connectivity index (χ1) is 9.07. The van der Waals surface area contributed by atoms with Crippen molar-refractivity contribution in [2.24, 2.45) is 5.41 Å². The molecule has 0 aliphatic rings. The maximum absolute atomic E-state index is 11.6. The summed E-state index contributed by atoms with van der Waals surface area (Å²) >= 11 is 0. The Morgan fingerprint density at radius 1 is 1.42 bits per heavy atom. The van der Waals surface area contributed by atoms with Crippen LogP contribution in [0.15, 0.2) is 30.3 Å². The van der Waals surface area contributed by atoms with E-state index in [9.17, 15) is 4.79 Å². The van der Waals surface area contributed by atoms with Crippen molar-refractivity contribution in [2.45, 2.75) is 20.3 Å². The second-order valence-corrected chi connectivity index (χ2v) is 4.52. The standard InChI is InChI=1S/C13H13N5O/c1-10(19)13(2,9-14)8-12-15-16-17-18(12)11-6-4-3-5-7-11/h3-7H,8H2,1-2H3. The van der Waals surface area contributed by atoms with Gasteiger partial charge in [0.2, 0.25) is 0 Å². The van der Waals surface area contributed by atoms with Crippen molar-refractivity contribution in [3.63, 3.8) is 0 Å². The van der Waals surface area contributed by atoms with E-state index in [4.69, 9.17) is 5.26 Å². The van der Waals surface area contributed by atoms with Crippen molar-refractivity contribution >= 4 is 5.78 Å². The number of Topliss-reactive ketones (excluding diaryl/α,β-unsaturated/α-hetero) is 1. The van der Waals surface area contributed by atoms with Crippen molar-refractivity contribution in [3.8, 4) is 11.8 Å². The number of tetrazole rings is 1. The van der Waals surface area contributed by atoms with Crippen LogP contribution < -0.4 is 0 Å². The van der Waals surface area contributed by atoms with Crippen molar-refractivity contribution < 1.29 is 4.79 Å². The maximum atomic E-state index is 11.6. The van der Waals surface area contributed by atoms with Crippen molar-refractivity contribution in [1.82, 2.24) is 20.2 Å². The molecule has 2 rings (SSSR count). The molecule has 0 fully saturated rings. The zero-order valence-electron chi connectivity index (χ0n) is 10.7. The molecule has 0 saturated heterocycles. The molecule has 0 aliphatic carbocycles. The van der Waals surface area contributed by atoms with Gasteiger partial charge in [-0.15, -0.1) is 5.10 Å². The first-order valence-corrected chi connectivity index (χ1v) is 5.82. The molecule has 19 heavy (non-hydrogen) atoms. The van der Waals surface area contributed by atoms with E-state index in [1.165, 1.54) is 6.92 Å². The lowest BCUT2D eigenvalue weighted by atomic mass is 9.84. The van der Waals surface area contributed by atoms with Crippen LogP contribution in [-0.2, 0) is 11.2 Å². The summed E-state index contributed by atoms with van der Waals surface area (Å²) in [6, 6.07) is 11.4. The predicted molar refractivity (Wildman–Crippen MR) is 67.3 cm³/mol. The highest BCUT2D eigenvalue weighted by molar-refractivity contribution is 5.84. The number of nitriles is 1. The van der Waals surface area contributed by atoms with Gasteiger partial charge in [0.15, 0.2) is 5.82 Å². The molecule has 1 aromatic heterocycles. The number of rotatable bonds is 4. The van der Waals surface area contributed by atoms with Gasteiger partial charge in [-0.25, -0.2) is 0 Å². The van der Waals surface area contributed by atoms with Gasteiger partial charge in [-0.2, -0.15) is 9.94 Å². The highest BCUT2D eigenvalue weighted by atomic mass is 16.1. The number of carbonyl (C=O) groups is 1. The van der Waals surface area contributed by atoms with Gasteiger partial charge in [0.05, 0.1) is 11.8 Å². The van der Waals surface area contributed by atoms with Gasteiger partial charge in [-0.1, -0.05) is 18.2 Å². The molecule has 1 aromatic carbocycles. The molecule has 6 nitrogen and oxygen atoms in total. The van der Waals surface area contributed by atoms with Crippen LogP contribution in [0.25, 0.3) is 5.69 Å². The Hall–Kier alpha value is -2.55. The summed E-state index contributed by atoms with van der Waals surface area (Å²) in [4.78, 5) is 11.6. The summed E-state index contributed by atoms with van der Waals surface area (Å²) in [6.07, 6.45) is 0.181. The van der Waals surface area contributed by atoms with Crippen LogP contribution in [0.3, 0.4) is 0 Å². The molecule has 96 valence electrons. The molecule has 0 saturated carbocycles. The number of nitrogens with zero attached hydrogens (tertiary/aromatic N) is 5. The average molecular weight is 255 g/mol. The Morgan fingerprint density at radius 3 is 2.68 bits per heavy atom. The van der Waals surface area contributed by atoms with Gasteiger partial charge in [0.25, 0.3) is 0 Å². The van der Waals surface area contributed by atoms with Gasteiger partial charge in [0, 0.05) is 6.42 Å². The van der Waals surface area contributed by atoms with Gasteiger partial charge in [-0.3, -0.25) is 4.79 Å². The van der Waals surface area contributed by atoms with Crippen LogP contribution in [0.1, 0.15) is 19.7 Å². The molecule has 1 unspecified atom stereocenters. The van der Waals surface area contributed by atoms with E-state index in [0.29, 0.717) is 5.82 Å². The van der Waals surface area contributed by atoms with Gasteiger partial charge >= 0.3 is 0 Å². The Morgan fingerprint density at radius 2 is 2.11 bits per heavy atom. The van der Waals surface area contributed by atoms with Crippen molar-refractivity contribution in [1.29, 1.82) is 5.26 Å². The molecule has 0 N–H and O–H groups in total. The SMILES string of the molecule is CC(=O)C(C)(C#N)Cc1nnnn1-c1ccccc1. The molecule has 0 aliphatic heterocycles. The van der Waals surface area contributed by atoms with E-state index in [1.54, 1.807) is 11.6 Å². The number of ketones is 1. The Balaban J connectivity index is 2.37. The second kappa shape index (κ2) is 4.98. The summed E-state index contributed by atoms with van der Waals surface area (Å²) in [7, 11) is 0. The van der Waals surface area contributed by atoms with Crippen LogP contribution in [0.5, 0.6) is 0 Å². The smallest absolute Gasteiger partial charge is 0.158 e. The predicted octanol–water partition coefficient (Wildman–Crippen LogP) is 1.32. The van der Waals surface area contributed by atoms with E-state index in [-0.39, 0.29) is 12.2 Å². The first-order valence-electron chi connectivity index (χ1n) is 5.82. The Labute approximate surface area is 110 Å². The molecule has 0 bridgehead atoms. The highest BCUT2D eigenvalue weighted by Crippen LogP contribution is 2.22. The second-order valence-electron chi connectivity index (χ2n) is 4.52. The molecular weight excluding hydrogens is 242 g/mol. The molecule has 0 amide bonds. The molecular formula is C13H13N5O. The first kappa shape index (κ1) is 12.9. The van der Waals surface area contributed by atoms with Crippen molar-refractivity contribution in [2.75, 3.05) is 0 Å². The molecule has 6 heteroatoms. The topological polar surface area (TPSA) is 84.5 Å². The molecule has 1 heterocycles. The lowest BCUT2D eigenvalue weighted by Crippen LogP contribution is -2.27. The van der Waals surface area contributed by atoms with E-state index in [0.717, 1.165) is 5.69 Å². The number of carbonyl (C=O) groups excluding carboxylic acids is 1. The van der Waals surface area contributed by atoms with E-state index < -0.39 is 5.41 Å². The maximum Gasteiger partial charge on any atom is 0.158 e. The van der Waals surface area contributed by atoms with E-state index in [1.807, 2.05) is 36.4 Å². The van der Waals surface area contributed by atoms with Crippen LogP contribution in [0.2, 0.25) is 0 Å². The number of hydrogen-bond acceptors (Lipinski definition) is 5. The fourth-order valence-electron chi connectivity index (χ4n) is 1.64. The zero-order valence-corrected chi connectivity index (χ0v) is 10.7.